The first-order valence-corrected chi connectivity index (χ1v) is 12.3. The Morgan fingerprint density at radius 2 is 1.83 bits per heavy atom. The summed E-state index contributed by atoms with van der Waals surface area (Å²) in [6, 6.07) is 0. The Kier molecular flexibility index (Phi) is 5.25. The largest absolute Gasteiger partial charge is 0.393 e. The van der Waals surface area contributed by atoms with Crippen molar-refractivity contribution in [1.29, 1.82) is 0 Å². The minimum Gasteiger partial charge on any atom is -0.393 e. The maximum absolute atomic E-state index is 10.7. The Morgan fingerprint density at radius 1 is 1.10 bits per heavy atom. The normalized spacial score (nSPS) is 41.8. The monoisotopic (exact) mass is 396 g/mol. The third-order valence-corrected chi connectivity index (χ3v) is 10.0. The lowest BCUT2D eigenvalue weighted by Crippen LogP contribution is -2.53. The second-order valence-electron chi connectivity index (χ2n) is 12.2. The molecule has 0 radical (unpaired) electrons. The van der Waals surface area contributed by atoms with Crippen LogP contribution in [0.1, 0.15) is 99.8 Å². The van der Waals surface area contributed by atoms with Gasteiger partial charge in [0.05, 0.1) is 6.10 Å². The molecule has 0 aromatic carbocycles. The SMILES string of the molecule is CC(C)=CC[C@@H](C)[C@@H]1CC=C2C3=C(CC[C@@]21C)[C@@]1(C)CC[C@@H](O)C(C)(C)C1CC3. The highest BCUT2D eigenvalue weighted by atomic mass is 16.3. The van der Waals surface area contributed by atoms with Gasteiger partial charge in [-0.3, -0.25) is 0 Å². The third-order valence-electron chi connectivity index (χ3n) is 10.0. The summed E-state index contributed by atoms with van der Waals surface area (Å²) in [4.78, 5) is 0. The van der Waals surface area contributed by atoms with Crippen LogP contribution in [0, 0.1) is 34.0 Å². The highest BCUT2D eigenvalue weighted by Gasteiger charge is 2.57. The molecule has 6 atom stereocenters. The molecule has 0 heterocycles. The third kappa shape index (κ3) is 3.13. The second kappa shape index (κ2) is 7.11. The molecule has 4 aliphatic carbocycles. The van der Waals surface area contributed by atoms with E-state index >= 15 is 0 Å². The van der Waals surface area contributed by atoms with Crippen molar-refractivity contribution in [3.63, 3.8) is 0 Å². The molecule has 4 aliphatic rings. The molecule has 1 N–H and O–H groups in total. The van der Waals surface area contributed by atoms with Crippen LogP contribution in [0.5, 0.6) is 0 Å². The first-order chi connectivity index (χ1) is 13.5. The lowest BCUT2D eigenvalue weighted by Gasteiger charge is -2.59. The molecule has 0 aromatic heterocycles. The smallest absolute Gasteiger partial charge is 0.0594 e. The Labute approximate surface area is 179 Å². The van der Waals surface area contributed by atoms with E-state index in [4.69, 9.17) is 0 Å². The molecule has 0 aliphatic heterocycles. The molecule has 1 nitrogen and oxygen atoms in total. The van der Waals surface area contributed by atoms with Crippen molar-refractivity contribution < 1.29 is 5.11 Å². The van der Waals surface area contributed by atoms with Gasteiger partial charge in [-0.2, -0.15) is 0 Å². The van der Waals surface area contributed by atoms with Gasteiger partial charge in [-0.1, -0.05) is 57.9 Å². The Hall–Kier alpha value is -0.820. The van der Waals surface area contributed by atoms with E-state index in [0.717, 1.165) is 18.3 Å². The molecule has 4 rings (SSSR count). The topological polar surface area (TPSA) is 20.2 Å². The van der Waals surface area contributed by atoms with Crippen LogP contribution < -0.4 is 0 Å². The van der Waals surface area contributed by atoms with E-state index in [1.807, 2.05) is 0 Å². The number of aliphatic hydroxyl groups is 1. The molecule has 162 valence electrons. The number of fused-ring (bicyclic) bond motifs is 4. The molecule has 0 saturated heterocycles. The van der Waals surface area contributed by atoms with E-state index in [0.29, 0.717) is 16.7 Å². The average molecular weight is 397 g/mol. The standard InChI is InChI=1S/C28H44O/c1-18(2)8-9-19(3)21-11-12-22-20-10-13-24-26(4,5)25(29)15-17-28(24,7)23(20)14-16-27(21,22)6/h8,12,19,21,24-25,29H,9-11,13-17H2,1-7H3/t19-,21+,24?,25-,27-,28-/m1/s1. The van der Waals surface area contributed by atoms with E-state index in [9.17, 15) is 5.11 Å². The summed E-state index contributed by atoms with van der Waals surface area (Å²) >= 11 is 0. The van der Waals surface area contributed by atoms with Crippen molar-refractivity contribution in [2.45, 2.75) is 106 Å². The van der Waals surface area contributed by atoms with Gasteiger partial charge in [-0.15, -0.1) is 0 Å². The molecule has 0 bridgehead atoms. The van der Waals surface area contributed by atoms with E-state index in [-0.39, 0.29) is 11.5 Å². The fourth-order valence-electron chi connectivity index (χ4n) is 8.16. The van der Waals surface area contributed by atoms with Crippen molar-refractivity contribution in [3.05, 3.63) is 34.4 Å². The zero-order valence-corrected chi connectivity index (χ0v) is 20.1. The minimum atomic E-state index is -0.136. The van der Waals surface area contributed by atoms with Crippen LogP contribution in [-0.2, 0) is 0 Å². The van der Waals surface area contributed by atoms with Gasteiger partial charge >= 0.3 is 0 Å². The maximum atomic E-state index is 10.7. The first kappa shape index (κ1) is 21.4. The van der Waals surface area contributed by atoms with Gasteiger partial charge in [-0.25, -0.2) is 0 Å². The second-order valence-corrected chi connectivity index (χ2v) is 12.2. The van der Waals surface area contributed by atoms with Crippen LogP contribution in [0.15, 0.2) is 34.4 Å². The van der Waals surface area contributed by atoms with E-state index < -0.39 is 0 Å². The molecule has 0 spiro atoms. The van der Waals surface area contributed by atoms with Crippen molar-refractivity contribution >= 4 is 0 Å². The van der Waals surface area contributed by atoms with Crippen molar-refractivity contribution in [3.8, 4) is 0 Å². The van der Waals surface area contributed by atoms with Crippen LogP contribution >= 0.6 is 0 Å². The van der Waals surface area contributed by atoms with Gasteiger partial charge in [-0.05, 0) is 110 Å². The molecule has 0 aromatic rings. The van der Waals surface area contributed by atoms with E-state index in [1.54, 1.807) is 16.7 Å². The van der Waals surface area contributed by atoms with Gasteiger partial charge in [0.15, 0.2) is 0 Å². The predicted molar refractivity (Wildman–Crippen MR) is 124 cm³/mol. The van der Waals surface area contributed by atoms with Crippen molar-refractivity contribution in [1.82, 2.24) is 0 Å². The van der Waals surface area contributed by atoms with Gasteiger partial charge < -0.3 is 5.11 Å². The van der Waals surface area contributed by atoms with Gasteiger partial charge in [0.2, 0.25) is 0 Å². The molecule has 29 heavy (non-hydrogen) atoms. The summed E-state index contributed by atoms with van der Waals surface area (Å²) in [5.74, 6) is 2.16. The number of allylic oxidation sites excluding steroid dienone is 6. The van der Waals surface area contributed by atoms with Crippen molar-refractivity contribution in [2.75, 3.05) is 0 Å². The molecule has 1 fully saturated rings. The highest BCUT2D eigenvalue weighted by Crippen LogP contribution is 2.66. The first-order valence-electron chi connectivity index (χ1n) is 12.3. The molecule has 0 amide bonds. The fraction of sp³-hybridized carbons (Fsp3) is 0.786. The van der Waals surface area contributed by atoms with Crippen LogP contribution in [0.2, 0.25) is 0 Å². The average Bonchev–Trinajstić information content (AvgIpc) is 3.00. The van der Waals surface area contributed by atoms with E-state index in [1.165, 1.54) is 50.5 Å². The molecular weight excluding hydrogens is 352 g/mol. The molecule has 1 unspecified atom stereocenters. The van der Waals surface area contributed by atoms with Crippen LogP contribution in [0.25, 0.3) is 0 Å². The van der Waals surface area contributed by atoms with Gasteiger partial charge in [0.25, 0.3) is 0 Å². The fourth-order valence-corrected chi connectivity index (χ4v) is 8.16. The minimum absolute atomic E-state index is 0.0394. The summed E-state index contributed by atoms with van der Waals surface area (Å²) < 4.78 is 0. The van der Waals surface area contributed by atoms with Crippen LogP contribution in [0.3, 0.4) is 0 Å². The number of hydrogen-bond acceptors (Lipinski definition) is 1. The summed E-state index contributed by atoms with van der Waals surface area (Å²) in [6.07, 6.45) is 14.7. The van der Waals surface area contributed by atoms with Crippen molar-refractivity contribution in [2.24, 2.45) is 34.0 Å². The highest BCUT2D eigenvalue weighted by molar-refractivity contribution is 5.49. The number of rotatable bonds is 3. The lowest BCUT2D eigenvalue weighted by atomic mass is 9.46. The quantitative estimate of drug-likeness (QED) is 0.486. The predicted octanol–water partition coefficient (Wildman–Crippen LogP) is 7.62. The van der Waals surface area contributed by atoms with E-state index in [2.05, 4.69) is 60.6 Å². The summed E-state index contributed by atoms with van der Waals surface area (Å²) in [6.45, 7) is 16.7. The summed E-state index contributed by atoms with van der Waals surface area (Å²) in [7, 11) is 0. The molecule has 1 saturated carbocycles. The zero-order chi connectivity index (χ0) is 21.2. The van der Waals surface area contributed by atoms with Gasteiger partial charge in [0.1, 0.15) is 0 Å². The Morgan fingerprint density at radius 3 is 2.52 bits per heavy atom. The number of hydrogen-bond donors (Lipinski definition) is 1. The Balaban J connectivity index is 1.66. The molecule has 1 heteroatoms. The maximum Gasteiger partial charge on any atom is 0.0594 e. The Bertz CT molecular complexity index is 761. The number of aliphatic hydroxyl groups excluding tert-OH is 1. The lowest BCUT2D eigenvalue weighted by molar-refractivity contribution is -0.0905. The zero-order valence-electron chi connectivity index (χ0n) is 20.1. The summed E-state index contributed by atoms with van der Waals surface area (Å²) in [5.41, 5.74) is 7.44. The molecular formula is C28H44O. The van der Waals surface area contributed by atoms with Gasteiger partial charge in [0, 0.05) is 0 Å². The summed E-state index contributed by atoms with van der Waals surface area (Å²) in [5, 5.41) is 10.7. The van der Waals surface area contributed by atoms with Crippen LogP contribution in [-0.4, -0.2) is 11.2 Å². The van der Waals surface area contributed by atoms with Crippen LogP contribution in [0.4, 0.5) is 0 Å².